The van der Waals surface area contributed by atoms with Crippen molar-refractivity contribution < 1.29 is 16.7 Å². The van der Waals surface area contributed by atoms with Gasteiger partial charge in [0, 0.05) is 0 Å². The van der Waals surface area contributed by atoms with E-state index in [9.17, 15) is 16.7 Å². The molecular formula is C7H6F2O2S. The van der Waals surface area contributed by atoms with Gasteiger partial charge in [0.25, 0.3) is 0 Å². The average molecular weight is 192 g/mol. The molecule has 1 aromatic rings. The average Bonchev–Trinajstić information content (AvgIpc) is 1.82. The van der Waals surface area contributed by atoms with Crippen LogP contribution in [0.15, 0.2) is 23.1 Å². The summed E-state index contributed by atoms with van der Waals surface area (Å²) in [6, 6.07) is 3.55. The minimum absolute atomic E-state index is 0.0671. The molecule has 0 aromatic heterocycles. The van der Waals surface area contributed by atoms with E-state index in [-0.39, 0.29) is 5.56 Å². The fourth-order valence-corrected chi connectivity index (χ4v) is 1.68. The van der Waals surface area contributed by atoms with E-state index >= 15 is 0 Å². The van der Waals surface area contributed by atoms with Gasteiger partial charge in [-0.05, 0) is 18.6 Å². The van der Waals surface area contributed by atoms with Crippen molar-refractivity contribution >= 4 is 10.2 Å². The molecule has 0 amide bonds. The fraction of sp³-hybridized carbons (Fsp3) is 0.143. The van der Waals surface area contributed by atoms with E-state index in [0.717, 1.165) is 6.07 Å². The number of benzene rings is 1. The van der Waals surface area contributed by atoms with Gasteiger partial charge in [0.15, 0.2) is 0 Å². The van der Waals surface area contributed by atoms with Gasteiger partial charge in [-0.3, -0.25) is 0 Å². The third kappa shape index (κ3) is 1.61. The Hall–Kier alpha value is -0.970. The van der Waals surface area contributed by atoms with Crippen LogP contribution in [0.25, 0.3) is 0 Å². The molecule has 0 bridgehead atoms. The van der Waals surface area contributed by atoms with Gasteiger partial charge in [-0.25, -0.2) is 4.39 Å². The van der Waals surface area contributed by atoms with Gasteiger partial charge in [0.1, 0.15) is 10.7 Å². The second kappa shape index (κ2) is 2.82. The van der Waals surface area contributed by atoms with Crippen LogP contribution in [0.1, 0.15) is 5.56 Å². The van der Waals surface area contributed by atoms with Crippen LogP contribution in [0.4, 0.5) is 8.28 Å². The predicted octanol–water partition coefficient (Wildman–Crippen LogP) is 1.79. The summed E-state index contributed by atoms with van der Waals surface area (Å²) in [6.07, 6.45) is 0. The van der Waals surface area contributed by atoms with E-state index in [4.69, 9.17) is 0 Å². The molecule has 1 aromatic carbocycles. The molecule has 0 saturated carbocycles. The lowest BCUT2D eigenvalue weighted by molar-refractivity contribution is 0.532. The maximum Gasteiger partial charge on any atom is 0.335 e. The first kappa shape index (κ1) is 9.12. The molecule has 2 nitrogen and oxygen atoms in total. The number of aryl methyl sites for hydroxylation is 1. The lowest BCUT2D eigenvalue weighted by Gasteiger charge is -2.00. The van der Waals surface area contributed by atoms with Crippen LogP contribution in [0, 0.1) is 12.7 Å². The predicted molar refractivity (Wildman–Crippen MR) is 39.4 cm³/mol. The van der Waals surface area contributed by atoms with Crippen LogP contribution >= 0.6 is 0 Å². The van der Waals surface area contributed by atoms with Crippen molar-refractivity contribution in [1.82, 2.24) is 0 Å². The first-order valence-corrected chi connectivity index (χ1v) is 4.51. The second-order valence-corrected chi connectivity index (χ2v) is 3.61. The van der Waals surface area contributed by atoms with Crippen molar-refractivity contribution in [3.63, 3.8) is 0 Å². The van der Waals surface area contributed by atoms with Crippen molar-refractivity contribution in [3.05, 3.63) is 29.6 Å². The minimum atomic E-state index is -4.94. The Bertz CT molecular complexity index is 378. The largest absolute Gasteiger partial charge is 0.335 e. The molecule has 66 valence electrons. The normalized spacial score (nSPS) is 11.6. The summed E-state index contributed by atoms with van der Waals surface area (Å²) >= 11 is 0. The highest BCUT2D eigenvalue weighted by Crippen LogP contribution is 2.20. The summed E-state index contributed by atoms with van der Waals surface area (Å²) < 4.78 is 45.8. The molecule has 5 heteroatoms. The molecule has 0 heterocycles. The maximum absolute atomic E-state index is 12.7. The Kier molecular flexibility index (Phi) is 2.14. The summed E-state index contributed by atoms with van der Waals surface area (Å²) in [4.78, 5) is -0.870. The smallest absolute Gasteiger partial charge is 0.205 e. The van der Waals surface area contributed by atoms with Crippen LogP contribution in [0.3, 0.4) is 0 Å². The zero-order chi connectivity index (χ0) is 9.35. The Balaban J connectivity index is 3.53. The first-order valence-electron chi connectivity index (χ1n) is 3.12. The lowest BCUT2D eigenvalue weighted by Crippen LogP contribution is -1.99. The van der Waals surface area contributed by atoms with Gasteiger partial charge in [-0.2, -0.15) is 8.42 Å². The van der Waals surface area contributed by atoms with Crippen molar-refractivity contribution in [1.29, 1.82) is 0 Å². The van der Waals surface area contributed by atoms with Gasteiger partial charge in [0.05, 0.1) is 0 Å². The molecule has 0 N–H and O–H groups in total. The number of halogens is 2. The third-order valence-electron chi connectivity index (χ3n) is 1.41. The van der Waals surface area contributed by atoms with Crippen LogP contribution < -0.4 is 0 Å². The molecule has 1 rings (SSSR count). The topological polar surface area (TPSA) is 34.1 Å². The molecule has 12 heavy (non-hydrogen) atoms. The van der Waals surface area contributed by atoms with E-state index < -0.39 is 20.9 Å². The van der Waals surface area contributed by atoms with Crippen LogP contribution in [-0.2, 0) is 10.2 Å². The molecule has 0 spiro atoms. The fourth-order valence-electron chi connectivity index (χ4n) is 0.925. The molecular weight excluding hydrogens is 186 g/mol. The number of rotatable bonds is 1. The zero-order valence-corrected chi connectivity index (χ0v) is 7.03. The molecule has 0 aliphatic carbocycles. The summed E-state index contributed by atoms with van der Waals surface area (Å²) in [6.45, 7) is 1.33. The van der Waals surface area contributed by atoms with Crippen LogP contribution in [-0.4, -0.2) is 8.42 Å². The number of hydrogen-bond acceptors (Lipinski definition) is 2. The molecule has 0 saturated heterocycles. The lowest BCUT2D eigenvalue weighted by atomic mass is 10.2. The molecule has 0 aliphatic heterocycles. The summed E-state index contributed by atoms with van der Waals surface area (Å²) in [5, 5.41) is 0. The van der Waals surface area contributed by atoms with Crippen molar-refractivity contribution in [2.75, 3.05) is 0 Å². The quantitative estimate of drug-likeness (QED) is 0.636. The monoisotopic (exact) mass is 192 g/mol. The SMILES string of the molecule is Cc1cccc(F)c1S(=O)(=O)F. The summed E-state index contributed by atoms with van der Waals surface area (Å²) in [5.41, 5.74) is 0.0671. The molecule has 0 atom stereocenters. The van der Waals surface area contributed by atoms with Crippen molar-refractivity contribution in [2.45, 2.75) is 11.8 Å². The van der Waals surface area contributed by atoms with Crippen LogP contribution in [0.5, 0.6) is 0 Å². The Labute approximate surface area is 69.0 Å². The van der Waals surface area contributed by atoms with E-state index in [0.29, 0.717) is 0 Å². The third-order valence-corrected chi connectivity index (χ3v) is 2.41. The maximum atomic E-state index is 12.7. The molecule has 0 fully saturated rings. The minimum Gasteiger partial charge on any atom is -0.205 e. The van der Waals surface area contributed by atoms with Crippen molar-refractivity contribution in [2.24, 2.45) is 0 Å². The zero-order valence-electron chi connectivity index (χ0n) is 6.21. The molecule has 0 radical (unpaired) electrons. The second-order valence-electron chi connectivity index (χ2n) is 2.32. The highest BCUT2D eigenvalue weighted by Gasteiger charge is 2.19. The standard InChI is InChI=1S/C7H6F2O2S/c1-5-3-2-4-6(8)7(5)12(9,10)11/h2-4H,1H3. The van der Waals surface area contributed by atoms with Gasteiger partial charge in [-0.1, -0.05) is 12.1 Å². The highest BCUT2D eigenvalue weighted by molar-refractivity contribution is 7.86. The van der Waals surface area contributed by atoms with Crippen molar-refractivity contribution in [3.8, 4) is 0 Å². The Morgan fingerprint density at radius 1 is 1.33 bits per heavy atom. The summed E-state index contributed by atoms with van der Waals surface area (Å²) in [5.74, 6) is -1.06. The molecule has 0 aliphatic rings. The van der Waals surface area contributed by atoms with Gasteiger partial charge in [0.2, 0.25) is 0 Å². The molecule has 0 unspecified atom stereocenters. The van der Waals surface area contributed by atoms with E-state index in [1.54, 1.807) is 0 Å². The van der Waals surface area contributed by atoms with E-state index in [2.05, 4.69) is 0 Å². The van der Waals surface area contributed by atoms with E-state index in [1.807, 2.05) is 0 Å². The number of hydrogen-bond donors (Lipinski definition) is 0. The Morgan fingerprint density at radius 2 is 1.92 bits per heavy atom. The summed E-state index contributed by atoms with van der Waals surface area (Å²) in [7, 11) is -4.94. The Morgan fingerprint density at radius 3 is 2.25 bits per heavy atom. The van der Waals surface area contributed by atoms with Crippen LogP contribution in [0.2, 0.25) is 0 Å². The highest BCUT2D eigenvalue weighted by atomic mass is 32.3. The van der Waals surface area contributed by atoms with Gasteiger partial charge >= 0.3 is 10.2 Å². The first-order chi connectivity index (χ1) is 5.43. The van der Waals surface area contributed by atoms with Gasteiger partial charge in [-0.15, -0.1) is 3.89 Å². The van der Waals surface area contributed by atoms with Gasteiger partial charge < -0.3 is 0 Å². The van der Waals surface area contributed by atoms with E-state index in [1.165, 1.54) is 19.1 Å².